The molecule has 0 aromatic heterocycles. The lowest BCUT2D eigenvalue weighted by atomic mass is 10.2. The van der Waals surface area contributed by atoms with Crippen molar-refractivity contribution in [1.29, 1.82) is 0 Å². The second kappa shape index (κ2) is 8.03. The van der Waals surface area contributed by atoms with Crippen LogP contribution in [0.15, 0.2) is 42.5 Å². The highest BCUT2D eigenvalue weighted by Crippen LogP contribution is 2.32. The fraction of sp³-hybridized carbons (Fsp3) is 0.333. The number of benzene rings is 2. The molecule has 0 radical (unpaired) electrons. The SMILES string of the molecule is CN(Cc1ccc2c(c1)OCO2)C[C@@H](O)COc1cccc([N+](=O)[O-])c1. The van der Waals surface area contributed by atoms with Crippen molar-refractivity contribution in [2.24, 2.45) is 0 Å². The van der Waals surface area contributed by atoms with Gasteiger partial charge in [-0.1, -0.05) is 12.1 Å². The Kier molecular flexibility index (Phi) is 5.55. The minimum Gasteiger partial charge on any atom is -0.491 e. The van der Waals surface area contributed by atoms with E-state index in [1.165, 1.54) is 12.1 Å². The maximum atomic E-state index is 10.8. The normalized spacial score (nSPS) is 13.7. The van der Waals surface area contributed by atoms with Gasteiger partial charge in [-0.2, -0.15) is 0 Å². The number of nitrogens with zero attached hydrogens (tertiary/aromatic N) is 2. The predicted molar refractivity (Wildman–Crippen MR) is 93.5 cm³/mol. The molecule has 1 aliphatic rings. The van der Waals surface area contributed by atoms with Crippen molar-refractivity contribution < 1.29 is 24.2 Å². The molecule has 0 bridgehead atoms. The molecule has 1 N–H and O–H groups in total. The number of non-ortho nitro benzene ring substituents is 1. The van der Waals surface area contributed by atoms with Crippen molar-refractivity contribution in [2.75, 3.05) is 27.0 Å². The van der Waals surface area contributed by atoms with Gasteiger partial charge >= 0.3 is 0 Å². The molecule has 26 heavy (non-hydrogen) atoms. The number of hydrogen-bond acceptors (Lipinski definition) is 7. The monoisotopic (exact) mass is 360 g/mol. The number of rotatable bonds is 8. The third-order valence-electron chi connectivity index (χ3n) is 3.88. The Morgan fingerprint density at radius 3 is 2.88 bits per heavy atom. The van der Waals surface area contributed by atoms with Gasteiger partial charge in [0.25, 0.3) is 5.69 Å². The molecule has 0 aliphatic carbocycles. The van der Waals surface area contributed by atoms with Crippen molar-refractivity contribution in [2.45, 2.75) is 12.6 Å². The fourth-order valence-electron chi connectivity index (χ4n) is 2.71. The van der Waals surface area contributed by atoms with Gasteiger partial charge in [-0.15, -0.1) is 0 Å². The Labute approximate surface area is 150 Å². The lowest BCUT2D eigenvalue weighted by Gasteiger charge is -2.21. The lowest BCUT2D eigenvalue weighted by molar-refractivity contribution is -0.384. The van der Waals surface area contributed by atoms with Gasteiger partial charge in [0.1, 0.15) is 18.5 Å². The first-order chi connectivity index (χ1) is 12.5. The number of ether oxygens (including phenoxy) is 3. The van der Waals surface area contributed by atoms with E-state index in [1.54, 1.807) is 12.1 Å². The first kappa shape index (κ1) is 18.0. The highest BCUT2D eigenvalue weighted by molar-refractivity contribution is 5.44. The molecule has 0 saturated carbocycles. The van der Waals surface area contributed by atoms with Crippen LogP contribution >= 0.6 is 0 Å². The van der Waals surface area contributed by atoms with E-state index >= 15 is 0 Å². The summed E-state index contributed by atoms with van der Waals surface area (Å²) in [5.41, 5.74) is 1.00. The molecular formula is C18H20N2O6. The van der Waals surface area contributed by atoms with Crippen LogP contribution in [0.5, 0.6) is 17.2 Å². The van der Waals surface area contributed by atoms with Gasteiger partial charge in [-0.3, -0.25) is 15.0 Å². The molecule has 1 aliphatic heterocycles. The van der Waals surface area contributed by atoms with Gasteiger partial charge in [0.2, 0.25) is 6.79 Å². The molecule has 8 heteroatoms. The van der Waals surface area contributed by atoms with E-state index in [4.69, 9.17) is 14.2 Å². The summed E-state index contributed by atoms with van der Waals surface area (Å²) in [6, 6.07) is 11.6. The third-order valence-corrected chi connectivity index (χ3v) is 3.88. The molecule has 138 valence electrons. The molecule has 2 aromatic carbocycles. The zero-order chi connectivity index (χ0) is 18.5. The average Bonchev–Trinajstić information content (AvgIpc) is 3.08. The number of aliphatic hydroxyl groups is 1. The molecule has 0 unspecified atom stereocenters. The van der Waals surface area contributed by atoms with Crippen molar-refractivity contribution >= 4 is 5.69 Å². The van der Waals surface area contributed by atoms with Crippen molar-refractivity contribution in [1.82, 2.24) is 4.90 Å². The molecule has 0 spiro atoms. The van der Waals surface area contributed by atoms with E-state index in [2.05, 4.69) is 0 Å². The number of fused-ring (bicyclic) bond motifs is 1. The van der Waals surface area contributed by atoms with Crippen LogP contribution in [-0.4, -0.2) is 48.0 Å². The summed E-state index contributed by atoms with van der Waals surface area (Å²) in [6.07, 6.45) is -0.728. The van der Waals surface area contributed by atoms with Crippen molar-refractivity contribution in [3.05, 3.63) is 58.1 Å². The molecule has 1 heterocycles. The summed E-state index contributed by atoms with van der Waals surface area (Å²) < 4.78 is 16.1. The number of aliphatic hydroxyl groups excluding tert-OH is 1. The van der Waals surface area contributed by atoms with Crippen molar-refractivity contribution in [3.63, 3.8) is 0 Å². The minimum absolute atomic E-state index is 0.0445. The second-order valence-corrected chi connectivity index (χ2v) is 6.10. The standard InChI is InChI=1S/C18H20N2O6/c1-19(9-13-5-6-17-18(7-13)26-12-25-17)10-15(21)11-24-16-4-2-3-14(8-16)20(22)23/h2-8,15,21H,9-12H2,1H3/t15-/m1/s1. The summed E-state index contributed by atoms with van der Waals surface area (Å²) in [6.45, 7) is 1.31. The van der Waals surface area contributed by atoms with Crippen LogP contribution in [0.25, 0.3) is 0 Å². The highest BCUT2D eigenvalue weighted by atomic mass is 16.7. The number of nitro groups is 1. The predicted octanol–water partition coefficient (Wildman–Crippen LogP) is 2.20. The Morgan fingerprint density at radius 1 is 1.27 bits per heavy atom. The summed E-state index contributed by atoms with van der Waals surface area (Å²) in [7, 11) is 1.89. The maximum Gasteiger partial charge on any atom is 0.273 e. The van der Waals surface area contributed by atoms with Crippen molar-refractivity contribution in [3.8, 4) is 17.2 Å². The van der Waals surface area contributed by atoms with E-state index in [-0.39, 0.29) is 19.1 Å². The van der Waals surface area contributed by atoms with Gasteiger partial charge in [0.05, 0.1) is 11.0 Å². The molecule has 3 rings (SSSR count). The highest BCUT2D eigenvalue weighted by Gasteiger charge is 2.15. The number of likely N-dealkylation sites (N-methyl/N-ethyl adjacent to an activating group) is 1. The largest absolute Gasteiger partial charge is 0.491 e. The number of hydrogen-bond donors (Lipinski definition) is 1. The van der Waals surface area contributed by atoms with E-state index in [9.17, 15) is 15.2 Å². The van der Waals surface area contributed by atoms with E-state index in [0.29, 0.717) is 18.8 Å². The molecule has 2 aromatic rings. The summed E-state index contributed by atoms with van der Waals surface area (Å²) in [5.74, 6) is 1.82. The van der Waals surface area contributed by atoms with Crippen LogP contribution in [0.3, 0.4) is 0 Å². The maximum absolute atomic E-state index is 10.8. The Morgan fingerprint density at radius 2 is 2.08 bits per heavy atom. The van der Waals surface area contributed by atoms with Crippen LogP contribution in [-0.2, 0) is 6.54 Å². The van der Waals surface area contributed by atoms with Crippen LogP contribution in [0, 0.1) is 10.1 Å². The van der Waals surface area contributed by atoms with E-state index < -0.39 is 11.0 Å². The first-order valence-electron chi connectivity index (χ1n) is 8.13. The molecular weight excluding hydrogens is 340 g/mol. The quantitative estimate of drug-likeness (QED) is 0.569. The molecule has 0 amide bonds. The topological polar surface area (TPSA) is 94.3 Å². The minimum atomic E-state index is -0.728. The van der Waals surface area contributed by atoms with E-state index in [1.807, 2.05) is 30.1 Å². The van der Waals surface area contributed by atoms with Gasteiger partial charge in [-0.05, 0) is 30.8 Å². The van der Waals surface area contributed by atoms with Gasteiger partial charge in [0.15, 0.2) is 11.5 Å². The number of nitro benzene ring substituents is 1. The third kappa shape index (κ3) is 4.62. The Bertz CT molecular complexity index is 782. The van der Waals surface area contributed by atoms with Crippen LogP contribution in [0.1, 0.15) is 5.56 Å². The molecule has 1 atom stereocenters. The first-order valence-corrected chi connectivity index (χ1v) is 8.13. The van der Waals surface area contributed by atoms with Crippen LogP contribution < -0.4 is 14.2 Å². The average molecular weight is 360 g/mol. The van der Waals surface area contributed by atoms with E-state index in [0.717, 1.165) is 17.1 Å². The summed E-state index contributed by atoms with van der Waals surface area (Å²) >= 11 is 0. The Hall–Kier alpha value is -2.84. The van der Waals surface area contributed by atoms with Gasteiger partial charge in [-0.25, -0.2) is 0 Å². The zero-order valence-corrected chi connectivity index (χ0v) is 14.3. The Balaban J connectivity index is 1.47. The smallest absolute Gasteiger partial charge is 0.273 e. The molecule has 0 fully saturated rings. The molecule has 8 nitrogen and oxygen atoms in total. The fourth-order valence-corrected chi connectivity index (χ4v) is 2.71. The zero-order valence-electron chi connectivity index (χ0n) is 14.3. The van der Waals surface area contributed by atoms with Gasteiger partial charge < -0.3 is 19.3 Å². The summed E-state index contributed by atoms with van der Waals surface area (Å²) in [5, 5.41) is 20.9. The van der Waals surface area contributed by atoms with Gasteiger partial charge in [0, 0.05) is 19.2 Å². The lowest BCUT2D eigenvalue weighted by Crippen LogP contribution is -2.32. The van der Waals surface area contributed by atoms with Crippen LogP contribution in [0.4, 0.5) is 5.69 Å². The molecule has 0 saturated heterocycles. The second-order valence-electron chi connectivity index (χ2n) is 6.10. The van der Waals surface area contributed by atoms with Crippen LogP contribution in [0.2, 0.25) is 0 Å². The summed E-state index contributed by atoms with van der Waals surface area (Å²) in [4.78, 5) is 12.2.